The van der Waals surface area contributed by atoms with Gasteiger partial charge in [0.25, 0.3) is 0 Å². The highest BCUT2D eigenvalue weighted by Gasteiger charge is 2.07. The Kier molecular flexibility index (Phi) is 2.83. The zero-order valence-corrected chi connectivity index (χ0v) is 8.68. The summed E-state index contributed by atoms with van der Waals surface area (Å²) in [6.45, 7) is 1.97. The topological polar surface area (TPSA) is 52.0 Å². The Labute approximate surface area is 88.9 Å². The SMILES string of the molecule is Cc1cc(C(N)Cc2ccoc2)ccn1. The molecular weight excluding hydrogens is 188 g/mol. The van der Waals surface area contributed by atoms with Gasteiger partial charge in [-0.2, -0.15) is 0 Å². The average molecular weight is 202 g/mol. The molecule has 0 aliphatic carbocycles. The van der Waals surface area contributed by atoms with Gasteiger partial charge in [0.05, 0.1) is 12.5 Å². The minimum atomic E-state index is 0.00398. The smallest absolute Gasteiger partial charge is 0.0935 e. The van der Waals surface area contributed by atoms with E-state index >= 15 is 0 Å². The molecule has 0 bridgehead atoms. The lowest BCUT2D eigenvalue weighted by molar-refractivity contribution is 0.561. The van der Waals surface area contributed by atoms with Crippen LogP contribution in [0.25, 0.3) is 0 Å². The number of aryl methyl sites for hydroxylation is 1. The first-order valence-corrected chi connectivity index (χ1v) is 4.95. The van der Waals surface area contributed by atoms with Crippen molar-refractivity contribution in [2.24, 2.45) is 5.73 Å². The van der Waals surface area contributed by atoms with E-state index < -0.39 is 0 Å². The fourth-order valence-corrected chi connectivity index (χ4v) is 1.58. The lowest BCUT2D eigenvalue weighted by Gasteiger charge is -2.10. The Morgan fingerprint density at radius 2 is 2.33 bits per heavy atom. The molecule has 2 rings (SSSR count). The van der Waals surface area contributed by atoms with Crippen molar-refractivity contribution in [3.8, 4) is 0 Å². The van der Waals surface area contributed by atoms with Gasteiger partial charge in [0.2, 0.25) is 0 Å². The maximum absolute atomic E-state index is 6.09. The van der Waals surface area contributed by atoms with Gasteiger partial charge < -0.3 is 10.2 Å². The molecule has 0 fully saturated rings. The number of hydrogen-bond acceptors (Lipinski definition) is 3. The van der Waals surface area contributed by atoms with Crippen LogP contribution in [0.1, 0.15) is 22.9 Å². The minimum absolute atomic E-state index is 0.00398. The molecule has 2 aromatic heterocycles. The van der Waals surface area contributed by atoms with Crippen LogP contribution in [0.4, 0.5) is 0 Å². The van der Waals surface area contributed by atoms with Gasteiger partial charge in [-0.15, -0.1) is 0 Å². The summed E-state index contributed by atoms with van der Waals surface area (Å²) in [5, 5.41) is 0. The van der Waals surface area contributed by atoms with Gasteiger partial charge in [-0.1, -0.05) is 0 Å². The molecule has 15 heavy (non-hydrogen) atoms. The summed E-state index contributed by atoms with van der Waals surface area (Å²) >= 11 is 0. The molecule has 0 spiro atoms. The second kappa shape index (κ2) is 4.28. The van der Waals surface area contributed by atoms with Crippen molar-refractivity contribution >= 4 is 0 Å². The molecule has 0 aromatic carbocycles. The van der Waals surface area contributed by atoms with E-state index in [9.17, 15) is 0 Å². The van der Waals surface area contributed by atoms with E-state index in [1.807, 2.05) is 25.1 Å². The second-order valence-corrected chi connectivity index (χ2v) is 3.67. The first kappa shape index (κ1) is 9.93. The maximum atomic E-state index is 6.09. The molecule has 3 heteroatoms. The van der Waals surface area contributed by atoms with Crippen LogP contribution < -0.4 is 5.73 Å². The van der Waals surface area contributed by atoms with Crippen molar-refractivity contribution in [1.82, 2.24) is 4.98 Å². The number of hydrogen-bond donors (Lipinski definition) is 1. The Morgan fingerprint density at radius 1 is 1.47 bits per heavy atom. The third kappa shape index (κ3) is 2.44. The number of furan rings is 1. The van der Waals surface area contributed by atoms with E-state index in [2.05, 4.69) is 4.98 Å². The standard InChI is InChI=1S/C12H14N2O/c1-9-6-11(2-4-14-9)12(13)7-10-3-5-15-8-10/h2-6,8,12H,7,13H2,1H3. The molecule has 0 saturated carbocycles. The van der Waals surface area contributed by atoms with Crippen LogP contribution >= 0.6 is 0 Å². The molecule has 3 nitrogen and oxygen atoms in total. The minimum Gasteiger partial charge on any atom is -0.472 e. The van der Waals surface area contributed by atoms with Gasteiger partial charge in [0, 0.05) is 17.9 Å². The fraction of sp³-hybridized carbons (Fsp3) is 0.250. The number of pyridine rings is 1. The summed E-state index contributed by atoms with van der Waals surface area (Å²) in [5.74, 6) is 0. The zero-order valence-electron chi connectivity index (χ0n) is 8.68. The molecule has 2 heterocycles. The summed E-state index contributed by atoms with van der Waals surface area (Å²) < 4.78 is 5.01. The van der Waals surface area contributed by atoms with Crippen molar-refractivity contribution in [3.63, 3.8) is 0 Å². The zero-order chi connectivity index (χ0) is 10.7. The monoisotopic (exact) mass is 202 g/mol. The lowest BCUT2D eigenvalue weighted by atomic mass is 10.0. The van der Waals surface area contributed by atoms with Gasteiger partial charge in [0.15, 0.2) is 0 Å². The first-order valence-electron chi connectivity index (χ1n) is 4.95. The molecule has 0 radical (unpaired) electrons. The van der Waals surface area contributed by atoms with Crippen molar-refractivity contribution in [1.29, 1.82) is 0 Å². The van der Waals surface area contributed by atoms with Crippen molar-refractivity contribution < 1.29 is 4.42 Å². The molecule has 0 aliphatic rings. The van der Waals surface area contributed by atoms with E-state index in [0.29, 0.717) is 0 Å². The van der Waals surface area contributed by atoms with Gasteiger partial charge >= 0.3 is 0 Å². The Bertz CT molecular complexity index is 423. The highest BCUT2D eigenvalue weighted by molar-refractivity contribution is 5.21. The molecule has 0 saturated heterocycles. The van der Waals surface area contributed by atoms with Crippen LogP contribution in [0.15, 0.2) is 41.3 Å². The molecule has 0 aliphatic heterocycles. The second-order valence-electron chi connectivity index (χ2n) is 3.67. The van der Waals surface area contributed by atoms with Crippen LogP contribution in [0.3, 0.4) is 0 Å². The van der Waals surface area contributed by atoms with Crippen LogP contribution in [-0.2, 0) is 6.42 Å². The Hall–Kier alpha value is -1.61. The summed E-state index contributed by atoms with van der Waals surface area (Å²) in [6.07, 6.45) is 5.98. The molecule has 1 atom stereocenters. The Morgan fingerprint density at radius 3 is 3.00 bits per heavy atom. The van der Waals surface area contributed by atoms with E-state index in [1.165, 1.54) is 0 Å². The quantitative estimate of drug-likeness (QED) is 0.830. The van der Waals surface area contributed by atoms with Gasteiger partial charge in [-0.25, -0.2) is 0 Å². The van der Waals surface area contributed by atoms with Crippen LogP contribution in [0, 0.1) is 6.92 Å². The number of nitrogens with two attached hydrogens (primary N) is 1. The Balaban J connectivity index is 2.11. The number of rotatable bonds is 3. The molecule has 1 unspecified atom stereocenters. The first-order chi connectivity index (χ1) is 7.25. The predicted molar refractivity (Wildman–Crippen MR) is 58.3 cm³/mol. The summed E-state index contributed by atoms with van der Waals surface area (Å²) in [7, 11) is 0. The van der Waals surface area contributed by atoms with Crippen molar-refractivity contribution in [2.45, 2.75) is 19.4 Å². The van der Waals surface area contributed by atoms with Crippen LogP contribution in [-0.4, -0.2) is 4.98 Å². The molecule has 78 valence electrons. The number of nitrogens with zero attached hydrogens (tertiary/aromatic N) is 1. The average Bonchev–Trinajstić information content (AvgIpc) is 2.70. The van der Waals surface area contributed by atoms with Gasteiger partial charge in [0.1, 0.15) is 0 Å². The molecule has 2 aromatic rings. The fourth-order valence-electron chi connectivity index (χ4n) is 1.58. The third-order valence-corrected chi connectivity index (χ3v) is 2.38. The largest absolute Gasteiger partial charge is 0.472 e. The van der Waals surface area contributed by atoms with E-state index in [1.54, 1.807) is 18.7 Å². The maximum Gasteiger partial charge on any atom is 0.0935 e. The lowest BCUT2D eigenvalue weighted by Crippen LogP contribution is -2.13. The van der Waals surface area contributed by atoms with Crippen LogP contribution in [0.2, 0.25) is 0 Å². The van der Waals surface area contributed by atoms with E-state index in [4.69, 9.17) is 10.2 Å². The summed E-state index contributed by atoms with van der Waals surface area (Å²) in [5.41, 5.74) is 9.32. The number of aromatic nitrogens is 1. The van der Waals surface area contributed by atoms with Gasteiger partial charge in [-0.05, 0) is 42.7 Å². The molecule has 0 amide bonds. The van der Waals surface area contributed by atoms with Crippen LogP contribution in [0.5, 0.6) is 0 Å². The highest BCUT2D eigenvalue weighted by atomic mass is 16.3. The highest BCUT2D eigenvalue weighted by Crippen LogP contribution is 2.16. The van der Waals surface area contributed by atoms with Crippen molar-refractivity contribution in [3.05, 3.63) is 53.7 Å². The summed E-state index contributed by atoms with van der Waals surface area (Å²) in [6, 6.07) is 5.92. The molecular formula is C12H14N2O. The molecule has 2 N–H and O–H groups in total. The normalized spacial score (nSPS) is 12.7. The van der Waals surface area contributed by atoms with E-state index in [0.717, 1.165) is 23.2 Å². The third-order valence-electron chi connectivity index (χ3n) is 2.38. The summed E-state index contributed by atoms with van der Waals surface area (Å²) in [4.78, 5) is 4.15. The van der Waals surface area contributed by atoms with E-state index in [-0.39, 0.29) is 6.04 Å². The van der Waals surface area contributed by atoms with Crippen molar-refractivity contribution in [2.75, 3.05) is 0 Å². The van der Waals surface area contributed by atoms with Gasteiger partial charge in [-0.3, -0.25) is 4.98 Å². The predicted octanol–water partition coefficient (Wildman–Crippen LogP) is 2.23.